The van der Waals surface area contributed by atoms with Gasteiger partial charge >= 0.3 is 5.97 Å². The van der Waals surface area contributed by atoms with Crippen LogP contribution in [-0.4, -0.2) is 30.1 Å². The maximum atomic E-state index is 12.0. The minimum atomic E-state index is -1.31. The fourth-order valence-electron chi connectivity index (χ4n) is 1.75. The van der Waals surface area contributed by atoms with Crippen molar-refractivity contribution in [2.24, 2.45) is 0 Å². The lowest BCUT2D eigenvalue weighted by Gasteiger charge is -2.18. The maximum Gasteiger partial charge on any atom is 0.328 e. The van der Waals surface area contributed by atoms with E-state index in [2.05, 4.69) is 10.1 Å². The first-order chi connectivity index (χ1) is 9.95. The van der Waals surface area contributed by atoms with Crippen LogP contribution < -0.4 is 5.32 Å². The van der Waals surface area contributed by atoms with Crippen LogP contribution in [0.3, 0.4) is 0 Å². The van der Waals surface area contributed by atoms with Crippen molar-refractivity contribution in [2.75, 3.05) is 7.11 Å². The largest absolute Gasteiger partial charge is 0.467 e. The summed E-state index contributed by atoms with van der Waals surface area (Å²) < 4.78 is 4.67. The molecular formula is C16H21NO4. The van der Waals surface area contributed by atoms with Gasteiger partial charge in [-0.05, 0) is 25.8 Å². The number of methoxy groups -OCH3 is 1. The smallest absolute Gasteiger partial charge is 0.328 e. The predicted octanol–water partition coefficient (Wildman–Crippen LogP) is 1.73. The van der Waals surface area contributed by atoms with Gasteiger partial charge in [0, 0.05) is 0 Å². The van der Waals surface area contributed by atoms with Crippen molar-refractivity contribution in [3.8, 4) is 0 Å². The lowest BCUT2D eigenvalue weighted by atomic mass is 10.1. The number of hydrogen-bond donors (Lipinski definition) is 2. The van der Waals surface area contributed by atoms with Crippen LogP contribution >= 0.6 is 0 Å². The molecule has 0 aromatic heterocycles. The Morgan fingerprint density at radius 3 is 2.43 bits per heavy atom. The molecule has 0 heterocycles. The van der Waals surface area contributed by atoms with E-state index in [0.29, 0.717) is 12.0 Å². The number of esters is 1. The lowest BCUT2D eigenvalue weighted by Crippen LogP contribution is -2.43. The molecule has 1 aromatic carbocycles. The Morgan fingerprint density at radius 2 is 1.90 bits per heavy atom. The van der Waals surface area contributed by atoms with Gasteiger partial charge in [0.2, 0.25) is 0 Å². The van der Waals surface area contributed by atoms with Crippen LogP contribution in [0.2, 0.25) is 0 Å². The van der Waals surface area contributed by atoms with Crippen molar-refractivity contribution in [2.45, 2.75) is 32.4 Å². The Bertz CT molecular complexity index is 506. The Hall–Kier alpha value is -2.14. The lowest BCUT2D eigenvalue weighted by molar-refractivity contribution is -0.146. The Balaban J connectivity index is 2.76. The minimum absolute atomic E-state index is 0.322. The van der Waals surface area contributed by atoms with Crippen molar-refractivity contribution in [3.05, 3.63) is 47.5 Å². The monoisotopic (exact) mass is 291 g/mol. The number of amides is 1. The third kappa shape index (κ3) is 5.39. The van der Waals surface area contributed by atoms with E-state index in [-0.39, 0.29) is 0 Å². The molecule has 5 heteroatoms. The van der Waals surface area contributed by atoms with Crippen molar-refractivity contribution < 1.29 is 19.4 Å². The summed E-state index contributed by atoms with van der Waals surface area (Å²) in [4.78, 5) is 23.7. The zero-order chi connectivity index (χ0) is 15.8. The van der Waals surface area contributed by atoms with Crippen LogP contribution in [0.1, 0.15) is 31.9 Å². The van der Waals surface area contributed by atoms with Crippen LogP contribution in [0.5, 0.6) is 0 Å². The van der Waals surface area contributed by atoms with Gasteiger partial charge in [-0.2, -0.15) is 0 Å². The molecule has 0 spiro atoms. The molecule has 1 amide bonds. The molecule has 21 heavy (non-hydrogen) atoms. The van der Waals surface area contributed by atoms with Crippen LogP contribution in [0.15, 0.2) is 42.0 Å². The summed E-state index contributed by atoms with van der Waals surface area (Å²) in [7, 11) is 1.26. The SMILES string of the molecule is COC(=O)[C@H](CC=C(C)C)NC(=O)[C@@H](O)c1ccccc1. The van der Waals surface area contributed by atoms with E-state index in [1.54, 1.807) is 30.3 Å². The topological polar surface area (TPSA) is 75.6 Å². The normalized spacial score (nSPS) is 13.0. The van der Waals surface area contributed by atoms with Gasteiger partial charge in [0.1, 0.15) is 6.04 Å². The van der Waals surface area contributed by atoms with Crippen molar-refractivity contribution in [1.29, 1.82) is 0 Å². The summed E-state index contributed by atoms with van der Waals surface area (Å²) >= 11 is 0. The number of ether oxygens (including phenoxy) is 1. The minimum Gasteiger partial charge on any atom is -0.467 e. The zero-order valence-electron chi connectivity index (χ0n) is 12.5. The van der Waals surface area contributed by atoms with Gasteiger partial charge in [0.15, 0.2) is 6.10 Å². The number of aliphatic hydroxyl groups is 1. The summed E-state index contributed by atoms with van der Waals surface area (Å²) in [6, 6.07) is 7.73. The number of carbonyl (C=O) groups excluding carboxylic acids is 2. The molecule has 1 aromatic rings. The summed E-state index contributed by atoms with van der Waals surface area (Å²) in [5.41, 5.74) is 1.50. The summed E-state index contributed by atoms with van der Waals surface area (Å²) in [5.74, 6) is -1.17. The van der Waals surface area contributed by atoms with Gasteiger partial charge < -0.3 is 15.2 Å². The molecule has 0 aliphatic rings. The van der Waals surface area contributed by atoms with E-state index in [4.69, 9.17) is 0 Å². The molecule has 0 radical (unpaired) electrons. The highest BCUT2D eigenvalue weighted by Gasteiger charge is 2.24. The van der Waals surface area contributed by atoms with Gasteiger partial charge in [-0.1, -0.05) is 42.0 Å². The number of hydrogen-bond acceptors (Lipinski definition) is 4. The summed E-state index contributed by atoms with van der Waals surface area (Å²) in [6.07, 6.45) is 0.837. The number of benzene rings is 1. The van der Waals surface area contributed by atoms with Gasteiger partial charge in [0.05, 0.1) is 7.11 Å². The zero-order valence-corrected chi connectivity index (χ0v) is 12.5. The van der Waals surface area contributed by atoms with Crippen molar-refractivity contribution in [3.63, 3.8) is 0 Å². The van der Waals surface area contributed by atoms with E-state index in [1.807, 2.05) is 19.9 Å². The molecule has 2 atom stereocenters. The highest BCUT2D eigenvalue weighted by atomic mass is 16.5. The fourth-order valence-corrected chi connectivity index (χ4v) is 1.75. The second-order valence-corrected chi connectivity index (χ2v) is 4.91. The van der Waals surface area contributed by atoms with Gasteiger partial charge in [-0.15, -0.1) is 0 Å². The number of aliphatic hydroxyl groups excluding tert-OH is 1. The number of allylic oxidation sites excluding steroid dienone is 1. The number of nitrogens with one attached hydrogen (secondary N) is 1. The molecule has 5 nitrogen and oxygen atoms in total. The molecule has 0 saturated carbocycles. The first-order valence-corrected chi connectivity index (χ1v) is 6.70. The van der Waals surface area contributed by atoms with E-state index < -0.39 is 24.0 Å². The predicted molar refractivity (Wildman–Crippen MR) is 79.4 cm³/mol. The van der Waals surface area contributed by atoms with E-state index in [0.717, 1.165) is 5.57 Å². The molecule has 1 rings (SSSR count). The molecule has 0 saturated heterocycles. The second kappa shape index (κ2) is 8.21. The molecule has 0 unspecified atom stereocenters. The molecule has 0 aliphatic heterocycles. The molecule has 0 bridgehead atoms. The average Bonchev–Trinajstić information content (AvgIpc) is 2.50. The van der Waals surface area contributed by atoms with Crippen LogP contribution in [-0.2, 0) is 14.3 Å². The van der Waals surface area contributed by atoms with E-state index in [1.165, 1.54) is 7.11 Å². The molecular weight excluding hydrogens is 270 g/mol. The number of rotatable bonds is 6. The Labute approximate surface area is 124 Å². The van der Waals surface area contributed by atoms with Gasteiger partial charge in [-0.25, -0.2) is 4.79 Å². The number of carbonyl (C=O) groups is 2. The quantitative estimate of drug-likeness (QED) is 0.618. The highest BCUT2D eigenvalue weighted by Crippen LogP contribution is 2.13. The van der Waals surface area contributed by atoms with E-state index in [9.17, 15) is 14.7 Å². The van der Waals surface area contributed by atoms with Crippen molar-refractivity contribution in [1.82, 2.24) is 5.32 Å². The molecule has 0 fully saturated rings. The first-order valence-electron chi connectivity index (χ1n) is 6.70. The molecule has 114 valence electrons. The third-order valence-corrected chi connectivity index (χ3v) is 2.93. The Morgan fingerprint density at radius 1 is 1.29 bits per heavy atom. The van der Waals surface area contributed by atoms with Gasteiger partial charge in [-0.3, -0.25) is 4.79 Å². The Kier molecular flexibility index (Phi) is 6.62. The maximum absolute atomic E-state index is 12.0. The fraction of sp³-hybridized carbons (Fsp3) is 0.375. The average molecular weight is 291 g/mol. The first kappa shape index (κ1) is 16.9. The van der Waals surface area contributed by atoms with E-state index >= 15 is 0 Å². The van der Waals surface area contributed by atoms with Crippen LogP contribution in [0.25, 0.3) is 0 Å². The second-order valence-electron chi connectivity index (χ2n) is 4.91. The molecule has 0 aliphatic carbocycles. The van der Waals surface area contributed by atoms with Crippen molar-refractivity contribution >= 4 is 11.9 Å². The van der Waals surface area contributed by atoms with Gasteiger partial charge in [0.25, 0.3) is 5.91 Å². The third-order valence-electron chi connectivity index (χ3n) is 2.93. The summed E-state index contributed by atoms with van der Waals surface area (Å²) in [6.45, 7) is 3.80. The van der Waals surface area contributed by atoms with Crippen LogP contribution in [0.4, 0.5) is 0 Å². The summed E-state index contributed by atoms with van der Waals surface area (Å²) in [5, 5.41) is 12.5. The standard InChI is InChI=1S/C16H21NO4/c1-11(2)9-10-13(16(20)21-3)17-15(19)14(18)12-7-5-4-6-8-12/h4-9,13-14,18H,10H2,1-3H3,(H,17,19)/t13-,14-/m0/s1. The highest BCUT2D eigenvalue weighted by molar-refractivity contribution is 5.87. The molecule has 2 N–H and O–H groups in total. The van der Waals surface area contributed by atoms with Crippen LogP contribution in [0, 0.1) is 0 Å².